The summed E-state index contributed by atoms with van der Waals surface area (Å²) in [6, 6.07) is 16.0. The number of aromatic nitrogens is 4. The molecule has 1 N–H and O–H groups in total. The van der Waals surface area contributed by atoms with Crippen molar-refractivity contribution in [3.63, 3.8) is 0 Å². The summed E-state index contributed by atoms with van der Waals surface area (Å²) in [4.78, 5) is 19.0. The number of nitrogens with one attached hydrogen (secondary N) is 1. The second-order valence-corrected chi connectivity index (χ2v) is 9.64. The fourth-order valence-corrected chi connectivity index (χ4v) is 4.55. The molecule has 41 heavy (non-hydrogen) atoms. The Morgan fingerprint density at radius 2 is 1.80 bits per heavy atom. The summed E-state index contributed by atoms with van der Waals surface area (Å²) in [7, 11) is 1.60. The first-order chi connectivity index (χ1) is 20.1. The normalized spacial score (nSPS) is 13.4. The Labute approximate surface area is 242 Å². The van der Waals surface area contributed by atoms with Gasteiger partial charge >= 0.3 is 0 Å². The molecule has 1 saturated heterocycles. The Morgan fingerprint density at radius 3 is 2.61 bits per heavy atom. The monoisotopic (exact) mass is 576 g/mol. The Kier molecular flexibility index (Phi) is 9.69. The Hall–Kier alpha value is -4.12. The molecule has 3 heterocycles. The molecule has 5 aromatic rings. The molecule has 0 atom stereocenters. The molecule has 0 amide bonds. The lowest BCUT2D eigenvalue weighted by atomic mass is 10.2. The summed E-state index contributed by atoms with van der Waals surface area (Å²) in [5, 5.41) is 5.05. The van der Waals surface area contributed by atoms with E-state index < -0.39 is 5.82 Å². The molecule has 11 heteroatoms. The van der Waals surface area contributed by atoms with Crippen LogP contribution in [0.1, 0.15) is 6.42 Å². The molecule has 1 aliphatic heterocycles. The second-order valence-electron chi connectivity index (χ2n) is 9.23. The maximum absolute atomic E-state index is 13.5. The lowest BCUT2D eigenvalue weighted by molar-refractivity contribution is 0.0357. The first-order valence-corrected chi connectivity index (χ1v) is 13.6. The van der Waals surface area contributed by atoms with E-state index in [-0.39, 0.29) is 5.02 Å². The highest BCUT2D eigenvalue weighted by atomic mass is 35.5. The summed E-state index contributed by atoms with van der Waals surface area (Å²) in [5.74, 6) is 1.31. The van der Waals surface area contributed by atoms with Gasteiger partial charge in [0.2, 0.25) is 0 Å². The van der Waals surface area contributed by atoms with Crippen LogP contribution in [0.2, 0.25) is 5.02 Å². The molecule has 212 valence electrons. The maximum Gasteiger partial charge on any atom is 0.162 e. The minimum Gasteiger partial charge on any atom is -0.493 e. The zero-order chi connectivity index (χ0) is 28.4. The van der Waals surface area contributed by atoms with Crippen molar-refractivity contribution in [2.75, 3.05) is 51.9 Å². The number of fused-ring (bicyclic) bond motifs is 2. The zero-order valence-corrected chi connectivity index (χ0v) is 23.4. The van der Waals surface area contributed by atoms with Gasteiger partial charge in [-0.2, -0.15) is 0 Å². The van der Waals surface area contributed by atoms with E-state index in [4.69, 9.17) is 25.8 Å². The van der Waals surface area contributed by atoms with E-state index in [9.17, 15) is 4.39 Å². The van der Waals surface area contributed by atoms with Crippen LogP contribution in [0, 0.1) is 5.82 Å². The topological polar surface area (TPSA) is 94.5 Å². The molecule has 0 saturated carbocycles. The van der Waals surface area contributed by atoms with Gasteiger partial charge in [-0.15, -0.1) is 0 Å². The number of rotatable bonds is 8. The highest BCUT2D eigenvalue weighted by Crippen LogP contribution is 2.35. The lowest BCUT2D eigenvalue weighted by Crippen LogP contribution is -2.37. The van der Waals surface area contributed by atoms with E-state index in [2.05, 4.69) is 30.2 Å². The van der Waals surface area contributed by atoms with Crippen molar-refractivity contribution in [2.24, 2.45) is 0 Å². The van der Waals surface area contributed by atoms with E-state index in [0.717, 1.165) is 55.6 Å². The molecular weight excluding hydrogens is 547 g/mol. The van der Waals surface area contributed by atoms with Crippen LogP contribution in [0.3, 0.4) is 0 Å². The molecule has 6 rings (SSSR count). The number of ether oxygens (including phenoxy) is 3. The molecule has 3 aromatic carbocycles. The molecule has 2 aromatic heterocycles. The van der Waals surface area contributed by atoms with E-state index >= 15 is 0 Å². The van der Waals surface area contributed by atoms with Crippen molar-refractivity contribution < 1.29 is 18.6 Å². The minimum absolute atomic E-state index is 0.0364. The summed E-state index contributed by atoms with van der Waals surface area (Å²) >= 11 is 5.90. The summed E-state index contributed by atoms with van der Waals surface area (Å²) < 4.78 is 30.4. The number of benzene rings is 3. The number of anilines is 2. The first kappa shape index (κ1) is 28.4. The third kappa shape index (κ3) is 7.55. The minimum atomic E-state index is -0.475. The fourth-order valence-electron chi connectivity index (χ4n) is 4.37. The quantitative estimate of drug-likeness (QED) is 0.226. The third-order valence-corrected chi connectivity index (χ3v) is 6.79. The maximum atomic E-state index is 13.5. The average molecular weight is 577 g/mol. The second kappa shape index (κ2) is 14.0. The van der Waals surface area contributed by atoms with Gasteiger partial charge in [0.1, 0.15) is 24.3 Å². The predicted octanol–water partition coefficient (Wildman–Crippen LogP) is 5.91. The molecule has 9 nitrogen and oxygen atoms in total. The number of methoxy groups -OCH3 is 1. The van der Waals surface area contributed by atoms with Crippen molar-refractivity contribution in [1.29, 1.82) is 0 Å². The largest absolute Gasteiger partial charge is 0.493 e. The van der Waals surface area contributed by atoms with Crippen LogP contribution >= 0.6 is 11.6 Å². The Balaban J connectivity index is 0.000000282. The molecule has 0 spiro atoms. The third-order valence-electron chi connectivity index (χ3n) is 6.50. The number of hydrogen-bond acceptors (Lipinski definition) is 9. The highest BCUT2D eigenvalue weighted by Gasteiger charge is 2.14. The number of halogens is 2. The number of morpholine rings is 1. The van der Waals surface area contributed by atoms with Gasteiger partial charge in [-0.1, -0.05) is 29.8 Å². The van der Waals surface area contributed by atoms with Crippen LogP contribution < -0.4 is 14.8 Å². The zero-order valence-electron chi connectivity index (χ0n) is 22.6. The summed E-state index contributed by atoms with van der Waals surface area (Å²) in [6.45, 7) is 5.00. The van der Waals surface area contributed by atoms with Crippen LogP contribution in [0.4, 0.5) is 15.9 Å². The van der Waals surface area contributed by atoms with Crippen LogP contribution in [0.5, 0.6) is 11.5 Å². The van der Waals surface area contributed by atoms with Gasteiger partial charge in [0.15, 0.2) is 11.5 Å². The van der Waals surface area contributed by atoms with Crippen LogP contribution in [-0.2, 0) is 4.74 Å². The number of para-hydroxylation sites is 1. The number of nitrogens with zero attached hydrogens (tertiary/aromatic N) is 5. The molecule has 0 unspecified atom stereocenters. The van der Waals surface area contributed by atoms with Crippen molar-refractivity contribution in [2.45, 2.75) is 6.42 Å². The van der Waals surface area contributed by atoms with Crippen molar-refractivity contribution in [1.82, 2.24) is 24.8 Å². The molecule has 1 fully saturated rings. The molecule has 0 radical (unpaired) electrons. The SMILES string of the molecule is COc1cc2ncnc(Nc3ccc(F)c(Cl)c3)c2cc1OCCCN1CCOCC1.c1ccc2ncncc2c1. The van der Waals surface area contributed by atoms with Gasteiger partial charge in [-0.05, 0) is 36.8 Å². The first-order valence-electron chi connectivity index (χ1n) is 13.2. The molecule has 0 aliphatic carbocycles. The van der Waals surface area contributed by atoms with Crippen molar-refractivity contribution >= 4 is 44.9 Å². The smallest absolute Gasteiger partial charge is 0.162 e. The fraction of sp³-hybridized carbons (Fsp3) is 0.267. The Bertz CT molecular complexity index is 1540. The van der Waals surface area contributed by atoms with Gasteiger partial charge in [0.25, 0.3) is 0 Å². The van der Waals surface area contributed by atoms with Crippen molar-refractivity contribution in [3.05, 3.63) is 84.3 Å². The van der Waals surface area contributed by atoms with E-state index in [0.29, 0.717) is 35.1 Å². The molecule has 0 bridgehead atoms. The summed E-state index contributed by atoms with van der Waals surface area (Å²) in [6.07, 6.45) is 5.72. The van der Waals surface area contributed by atoms with E-state index in [1.54, 1.807) is 19.5 Å². The van der Waals surface area contributed by atoms with Crippen molar-refractivity contribution in [3.8, 4) is 11.5 Å². The van der Waals surface area contributed by atoms with Gasteiger partial charge in [0, 0.05) is 48.4 Å². The van der Waals surface area contributed by atoms with Gasteiger partial charge in [-0.25, -0.2) is 24.3 Å². The van der Waals surface area contributed by atoms with Crippen LogP contribution in [-0.4, -0.2) is 71.4 Å². The van der Waals surface area contributed by atoms with Crippen LogP contribution in [0.15, 0.2) is 73.4 Å². The molecule has 1 aliphatic rings. The average Bonchev–Trinajstić information content (AvgIpc) is 3.02. The van der Waals surface area contributed by atoms with Crippen LogP contribution in [0.25, 0.3) is 21.8 Å². The molecular formula is C30H30ClFN6O3. The van der Waals surface area contributed by atoms with E-state index in [1.165, 1.54) is 18.5 Å². The van der Waals surface area contributed by atoms with Gasteiger partial charge in [0.05, 0.1) is 43.0 Å². The van der Waals surface area contributed by atoms with Gasteiger partial charge < -0.3 is 19.5 Å². The van der Waals surface area contributed by atoms with E-state index in [1.807, 2.05) is 42.6 Å². The predicted molar refractivity (Wildman–Crippen MR) is 158 cm³/mol. The summed E-state index contributed by atoms with van der Waals surface area (Å²) in [5.41, 5.74) is 2.32. The number of hydrogen-bond donors (Lipinski definition) is 1. The Morgan fingerprint density at radius 1 is 0.976 bits per heavy atom. The highest BCUT2D eigenvalue weighted by molar-refractivity contribution is 6.31. The van der Waals surface area contributed by atoms with Gasteiger partial charge in [-0.3, -0.25) is 4.90 Å². The standard InChI is InChI=1S/C22H24ClFN4O3.C8H6N2/c1-29-20-13-19-16(12-21(20)31-8-2-5-28-6-9-30-10-7-28)22(26-14-25-19)27-15-3-4-18(24)17(23)11-15;1-2-4-8-7(3-1)5-9-6-10-8/h3-4,11-14H,2,5-10H2,1H3,(H,25,26,27);1-6H. The lowest BCUT2D eigenvalue weighted by Gasteiger charge is -2.26.